The number of hydrogen-bond donors (Lipinski definition) is 0. The van der Waals surface area contributed by atoms with Gasteiger partial charge in [-0.1, -0.05) is 76.6 Å². The van der Waals surface area contributed by atoms with Crippen LogP contribution in [0.2, 0.25) is 0 Å². The summed E-state index contributed by atoms with van der Waals surface area (Å²) in [6.07, 6.45) is 15.2. The summed E-state index contributed by atoms with van der Waals surface area (Å²) in [4.78, 5) is 0. The molecule has 30 heavy (non-hydrogen) atoms. The first kappa shape index (κ1) is 24.1. The molecule has 166 valence electrons. The van der Waals surface area contributed by atoms with Crippen molar-refractivity contribution in [3.05, 3.63) is 35.4 Å². The zero-order chi connectivity index (χ0) is 21.2. The maximum atomic E-state index is 9.66. The molecular formula is C27H41NS2. The fourth-order valence-electron chi connectivity index (χ4n) is 5.26. The van der Waals surface area contributed by atoms with Crippen LogP contribution in [0.3, 0.4) is 0 Å². The minimum Gasteiger partial charge on any atom is -0.198 e. The smallest absolute Gasteiger partial charge is 0.0751 e. The molecule has 0 spiro atoms. The highest BCUT2D eigenvalue weighted by Gasteiger charge is 2.35. The summed E-state index contributed by atoms with van der Waals surface area (Å²) >= 11 is 4.34. The number of rotatable bonds is 10. The van der Waals surface area contributed by atoms with E-state index in [0.717, 1.165) is 31.6 Å². The minimum absolute atomic E-state index is 0.0346. The van der Waals surface area contributed by atoms with Crippen molar-refractivity contribution in [2.45, 2.75) is 101 Å². The molecule has 2 aliphatic rings. The van der Waals surface area contributed by atoms with E-state index in [1.54, 1.807) is 0 Å². The highest BCUT2D eigenvalue weighted by Crippen LogP contribution is 2.48. The Bertz CT molecular complexity index is 646. The van der Waals surface area contributed by atoms with Crippen molar-refractivity contribution < 1.29 is 0 Å². The molecule has 0 radical (unpaired) electrons. The third kappa shape index (κ3) is 6.70. The monoisotopic (exact) mass is 443 g/mol. The van der Waals surface area contributed by atoms with Gasteiger partial charge in [0, 0.05) is 0 Å². The quantitative estimate of drug-likeness (QED) is 0.337. The second kappa shape index (κ2) is 12.4. The number of thioether (sulfide) groups is 2. The van der Waals surface area contributed by atoms with E-state index in [1.807, 2.05) is 0 Å². The van der Waals surface area contributed by atoms with E-state index in [9.17, 15) is 5.26 Å². The molecular weight excluding hydrogens is 402 g/mol. The lowest BCUT2D eigenvalue weighted by atomic mass is 9.68. The summed E-state index contributed by atoms with van der Waals surface area (Å²) < 4.78 is 0.623. The van der Waals surface area contributed by atoms with E-state index in [0.29, 0.717) is 10.5 Å². The summed E-state index contributed by atoms with van der Waals surface area (Å²) in [6.45, 7) is 4.50. The Kier molecular flexibility index (Phi) is 9.98. The Labute approximate surface area is 194 Å². The van der Waals surface area contributed by atoms with Crippen LogP contribution in [0.15, 0.2) is 24.3 Å². The summed E-state index contributed by atoms with van der Waals surface area (Å²) in [6, 6.07) is 12.2. The van der Waals surface area contributed by atoms with Gasteiger partial charge in [0.15, 0.2) is 0 Å². The largest absolute Gasteiger partial charge is 0.198 e. The van der Waals surface area contributed by atoms with Crippen molar-refractivity contribution in [1.29, 1.82) is 5.26 Å². The van der Waals surface area contributed by atoms with Gasteiger partial charge < -0.3 is 0 Å². The van der Waals surface area contributed by atoms with Gasteiger partial charge in [-0.2, -0.15) is 5.26 Å². The second-order valence-corrected chi connectivity index (χ2v) is 12.2. The molecule has 1 nitrogen and oxygen atoms in total. The van der Waals surface area contributed by atoms with Gasteiger partial charge in [0.05, 0.1) is 16.1 Å². The Morgan fingerprint density at radius 3 is 2.13 bits per heavy atom. The molecule has 0 unspecified atom stereocenters. The predicted octanol–water partition coefficient (Wildman–Crippen LogP) is 9.11. The molecule has 3 heteroatoms. The standard InChI is InChI=1S/C27H41NS2/c1-3-5-6-7-8-9-22-19-29-26(30-20-22)25-12-10-23(11-13-25)24-14-17-27(21-28,16-4-2)18-15-24/h10-13,22,24,26H,3-9,14-20H2,1-2H3. The number of hydrogen-bond acceptors (Lipinski definition) is 3. The SMILES string of the molecule is CCCCCCCC1CSC(c2ccc(C3CCC(C#N)(CCC)CC3)cc2)SC1. The third-order valence-electron chi connectivity index (χ3n) is 7.27. The van der Waals surface area contributed by atoms with Crippen LogP contribution < -0.4 is 0 Å². The molecule has 3 rings (SSSR count). The van der Waals surface area contributed by atoms with Crippen LogP contribution in [0.5, 0.6) is 0 Å². The maximum absolute atomic E-state index is 9.66. The van der Waals surface area contributed by atoms with Crippen molar-refractivity contribution in [3.8, 4) is 6.07 Å². The van der Waals surface area contributed by atoms with Crippen LogP contribution in [0.25, 0.3) is 0 Å². The topological polar surface area (TPSA) is 23.8 Å². The minimum atomic E-state index is -0.0346. The van der Waals surface area contributed by atoms with Gasteiger partial charge in [-0.05, 0) is 73.0 Å². The Balaban J connectivity index is 1.43. The molecule has 0 aromatic heterocycles. The first-order valence-electron chi connectivity index (χ1n) is 12.4. The Hall–Kier alpha value is -0.590. The molecule has 1 saturated heterocycles. The zero-order valence-electron chi connectivity index (χ0n) is 19.2. The lowest BCUT2D eigenvalue weighted by molar-refractivity contribution is 0.228. The van der Waals surface area contributed by atoms with Crippen LogP contribution in [-0.4, -0.2) is 11.5 Å². The van der Waals surface area contributed by atoms with Crippen LogP contribution in [0.4, 0.5) is 0 Å². The molecule has 1 aromatic rings. The second-order valence-electron chi connectivity index (χ2n) is 9.65. The van der Waals surface area contributed by atoms with Crippen molar-refractivity contribution in [2.24, 2.45) is 11.3 Å². The molecule has 0 amide bonds. The number of unbranched alkanes of at least 4 members (excludes halogenated alkanes) is 4. The lowest BCUT2D eigenvalue weighted by Crippen LogP contribution is -2.25. The molecule has 0 N–H and O–H groups in total. The van der Waals surface area contributed by atoms with Gasteiger partial charge in [0.25, 0.3) is 0 Å². The first-order valence-corrected chi connectivity index (χ1v) is 14.5. The van der Waals surface area contributed by atoms with Crippen molar-refractivity contribution in [2.75, 3.05) is 11.5 Å². The molecule has 1 aliphatic carbocycles. The van der Waals surface area contributed by atoms with E-state index < -0.39 is 0 Å². The molecule has 0 bridgehead atoms. The molecule has 1 saturated carbocycles. The Morgan fingerprint density at radius 1 is 0.900 bits per heavy atom. The summed E-state index contributed by atoms with van der Waals surface area (Å²) in [5.74, 6) is 4.25. The summed E-state index contributed by atoms with van der Waals surface area (Å²) in [7, 11) is 0. The molecule has 1 aromatic carbocycles. The van der Waals surface area contributed by atoms with E-state index in [2.05, 4.69) is 67.7 Å². The van der Waals surface area contributed by atoms with Crippen molar-refractivity contribution in [1.82, 2.24) is 0 Å². The normalized spacial score (nSPS) is 29.4. The number of nitriles is 1. The summed E-state index contributed by atoms with van der Waals surface area (Å²) in [5.41, 5.74) is 2.97. The van der Waals surface area contributed by atoms with E-state index in [1.165, 1.54) is 74.0 Å². The zero-order valence-corrected chi connectivity index (χ0v) is 20.8. The fraction of sp³-hybridized carbons (Fsp3) is 0.741. The van der Waals surface area contributed by atoms with Gasteiger partial charge in [-0.3, -0.25) is 0 Å². The fourth-order valence-corrected chi connectivity index (χ4v) is 8.43. The average molecular weight is 444 g/mol. The van der Waals surface area contributed by atoms with Gasteiger partial charge in [-0.15, -0.1) is 23.5 Å². The Morgan fingerprint density at radius 2 is 1.53 bits per heavy atom. The predicted molar refractivity (Wildman–Crippen MR) is 135 cm³/mol. The number of benzene rings is 1. The van der Waals surface area contributed by atoms with Gasteiger partial charge in [0.1, 0.15) is 0 Å². The van der Waals surface area contributed by atoms with Gasteiger partial charge in [0.2, 0.25) is 0 Å². The summed E-state index contributed by atoms with van der Waals surface area (Å²) in [5, 5.41) is 9.66. The van der Waals surface area contributed by atoms with E-state index in [4.69, 9.17) is 0 Å². The lowest BCUT2D eigenvalue weighted by Gasteiger charge is -2.35. The van der Waals surface area contributed by atoms with Crippen LogP contribution >= 0.6 is 23.5 Å². The van der Waals surface area contributed by atoms with E-state index in [-0.39, 0.29) is 5.41 Å². The molecule has 1 heterocycles. The maximum Gasteiger partial charge on any atom is 0.0751 e. The van der Waals surface area contributed by atoms with Crippen LogP contribution in [0, 0.1) is 22.7 Å². The highest BCUT2D eigenvalue weighted by molar-refractivity contribution is 8.16. The highest BCUT2D eigenvalue weighted by atomic mass is 32.2. The van der Waals surface area contributed by atoms with Crippen LogP contribution in [0.1, 0.15) is 113 Å². The van der Waals surface area contributed by atoms with Crippen LogP contribution in [-0.2, 0) is 0 Å². The van der Waals surface area contributed by atoms with E-state index >= 15 is 0 Å². The van der Waals surface area contributed by atoms with Gasteiger partial charge >= 0.3 is 0 Å². The van der Waals surface area contributed by atoms with Gasteiger partial charge in [-0.25, -0.2) is 0 Å². The first-order chi connectivity index (χ1) is 14.7. The van der Waals surface area contributed by atoms with Crippen molar-refractivity contribution in [3.63, 3.8) is 0 Å². The average Bonchev–Trinajstić information content (AvgIpc) is 2.80. The molecule has 0 atom stereocenters. The molecule has 2 fully saturated rings. The van der Waals surface area contributed by atoms with Crippen molar-refractivity contribution >= 4 is 23.5 Å². The third-order valence-corrected chi connectivity index (χ3v) is 10.6. The molecule has 1 aliphatic heterocycles. The number of nitrogens with zero attached hydrogens (tertiary/aromatic N) is 1.